The molecule has 0 aliphatic carbocycles. The Kier molecular flexibility index (Phi) is 5.96. The summed E-state index contributed by atoms with van der Waals surface area (Å²) in [4.78, 5) is 4.91. The van der Waals surface area contributed by atoms with Gasteiger partial charge in [-0.3, -0.25) is 9.80 Å². The zero-order chi connectivity index (χ0) is 16.8. The molecule has 128 valence electrons. The van der Waals surface area contributed by atoms with E-state index in [1.807, 2.05) is 36.4 Å². The van der Waals surface area contributed by atoms with Crippen molar-refractivity contribution in [1.82, 2.24) is 9.80 Å². The van der Waals surface area contributed by atoms with E-state index in [4.69, 9.17) is 22.1 Å². The first-order chi connectivity index (χ1) is 11.7. The number of benzene rings is 2. The minimum atomic E-state index is 0.666. The van der Waals surface area contributed by atoms with Crippen molar-refractivity contribution in [3.8, 4) is 5.75 Å². The van der Waals surface area contributed by atoms with E-state index in [9.17, 15) is 0 Å². The summed E-state index contributed by atoms with van der Waals surface area (Å²) in [5.41, 5.74) is 7.97. The lowest BCUT2D eigenvalue weighted by molar-refractivity contribution is 0.112. The van der Waals surface area contributed by atoms with Gasteiger partial charge in [-0.1, -0.05) is 35.9 Å². The van der Waals surface area contributed by atoms with Crippen LogP contribution in [0.3, 0.4) is 0 Å². The van der Waals surface area contributed by atoms with E-state index in [0.29, 0.717) is 11.6 Å². The second-order valence-corrected chi connectivity index (χ2v) is 6.55. The molecule has 0 radical (unpaired) electrons. The number of anilines is 1. The molecule has 0 unspecified atom stereocenters. The summed E-state index contributed by atoms with van der Waals surface area (Å²) in [6.07, 6.45) is 0. The van der Waals surface area contributed by atoms with Crippen LogP contribution in [0.5, 0.6) is 5.75 Å². The van der Waals surface area contributed by atoms with Crippen LogP contribution in [0.15, 0.2) is 48.5 Å². The van der Waals surface area contributed by atoms with Crippen molar-refractivity contribution in [2.45, 2.75) is 6.54 Å². The third-order valence-electron chi connectivity index (χ3n) is 4.32. The van der Waals surface area contributed by atoms with Gasteiger partial charge in [-0.15, -0.1) is 0 Å². The van der Waals surface area contributed by atoms with Crippen LogP contribution in [0.4, 0.5) is 5.69 Å². The Morgan fingerprint density at radius 3 is 2.46 bits per heavy atom. The van der Waals surface area contributed by atoms with Gasteiger partial charge in [0.25, 0.3) is 0 Å². The van der Waals surface area contributed by atoms with Crippen molar-refractivity contribution in [2.24, 2.45) is 0 Å². The van der Waals surface area contributed by atoms with Crippen LogP contribution in [-0.2, 0) is 6.54 Å². The van der Waals surface area contributed by atoms with E-state index in [2.05, 4.69) is 21.9 Å². The van der Waals surface area contributed by atoms with Gasteiger partial charge in [0.05, 0.1) is 5.02 Å². The summed E-state index contributed by atoms with van der Waals surface area (Å²) in [5, 5.41) is 0.671. The molecule has 0 atom stereocenters. The zero-order valence-corrected chi connectivity index (χ0v) is 14.6. The van der Waals surface area contributed by atoms with Crippen LogP contribution in [0, 0.1) is 0 Å². The number of para-hydroxylation sites is 1. The third-order valence-corrected chi connectivity index (χ3v) is 4.64. The molecule has 4 nitrogen and oxygen atoms in total. The van der Waals surface area contributed by atoms with Crippen LogP contribution in [0.25, 0.3) is 0 Å². The molecule has 0 bridgehead atoms. The van der Waals surface area contributed by atoms with E-state index in [-0.39, 0.29) is 0 Å². The Hall–Kier alpha value is -1.75. The maximum absolute atomic E-state index is 6.10. The molecule has 0 saturated carbocycles. The summed E-state index contributed by atoms with van der Waals surface area (Å²) in [7, 11) is 0. The number of piperazine rings is 1. The van der Waals surface area contributed by atoms with Crippen LogP contribution >= 0.6 is 11.6 Å². The molecule has 0 spiro atoms. The zero-order valence-electron chi connectivity index (χ0n) is 13.8. The summed E-state index contributed by atoms with van der Waals surface area (Å²) in [6.45, 7) is 6.83. The normalized spacial score (nSPS) is 16.2. The molecule has 2 aromatic rings. The number of rotatable bonds is 6. The number of nitrogen functional groups attached to an aromatic ring is 1. The number of hydrogen-bond acceptors (Lipinski definition) is 4. The number of halogens is 1. The highest BCUT2D eigenvalue weighted by molar-refractivity contribution is 6.32. The maximum Gasteiger partial charge on any atom is 0.137 e. The van der Waals surface area contributed by atoms with Crippen LogP contribution in [-0.4, -0.2) is 49.1 Å². The van der Waals surface area contributed by atoms with E-state index in [1.54, 1.807) is 0 Å². The predicted octanol–water partition coefficient (Wildman–Crippen LogP) is 3.12. The van der Waals surface area contributed by atoms with Crippen LogP contribution in [0.2, 0.25) is 5.02 Å². The number of ether oxygens (including phenoxy) is 1. The first kappa shape index (κ1) is 17.1. The lowest BCUT2D eigenvalue weighted by Crippen LogP contribution is -2.47. The third kappa shape index (κ3) is 4.87. The minimum Gasteiger partial charge on any atom is -0.491 e. The fourth-order valence-electron chi connectivity index (χ4n) is 2.97. The second kappa shape index (κ2) is 8.38. The summed E-state index contributed by atoms with van der Waals surface area (Å²) < 4.78 is 5.77. The van der Waals surface area contributed by atoms with Gasteiger partial charge >= 0.3 is 0 Å². The molecular weight excluding hydrogens is 322 g/mol. The lowest BCUT2D eigenvalue weighted by Gasteiger charge is -2.34. The van der Waals surface area contributed by atoms with Gasteiger partial charge in [0.1, 0.15) is 12.4 Å². The summed E-state index contributed by atoms with van der Waals surface area (Å²) >= 11 is 6.10. The first-order valence-electron chi connectivity index (χ1n) is 8.37. The highest BCUT2D eigenvalue weighted by Gasteiger charge is 2.17. The molecule has 1 fully saturated rings. The van der Waals surface area contributed by atoms with E-state index >= 15 is 0 Å². The van der Waals surface area contributed by atoms with Crippen molar-refractivity contribution in [3.63, 3.8) is 0 Å². The molecule has 0 amide bonds. The molecule has 1 heterocycles. The molecule has 2 aromatic carbocycles. The molecule has 24 heavy (non-hydrogen) atoms. The van der Waals surface area contributed by atoms with Gasteiger partial charge in [-0.05, 0) is 29.8 Å². The van der Waals surface area contributed by atoms with Gasteiger partial charge in [0.2, 0.25) is 0 Å². The highest BCUT2D eigenvalue weighted by atomic mass is 35.5. The smallest absolute Gasteiger partial charge is 0.137 e. The van der Waals surface area contributed by atoms with E-state index in [0.717, 1.165) is 50.7 Å². The first-order valence-corrected chi connectivity index (χ1v) is 8.75. The molecule has 1 aliphatic rings. The quantitative estimate of drug-likeness (QED) is 0.817. The average Bonchev–Trinajstić information content (AvgIpc) is 2.58. The predicted molar refractivity (Wildman–Crippen MR) is 99.5 cm³/mol. The molecular formula is C19H24ClN3O. The SMILES string of the molecule is Nc1cccc(CN2CCN(CCOc3ccccc3Cl)CC2)c1. The Morgan fingerprint density at radius 2 is 1.71 bits per heavy atom. The number of nitrogens with zero attached hydrogens (tertiary/aromatic N) is 2. The highest BCUT2D eigenvalue weighted by Crippen LogP contribution is 2.23. The Bertz CT molecular complexity index is 657. The van der Waals surface area contributed by atoms with E-state index < -0.39 is 0 Å². The Morgan fingerprint density at radius 1 is 0.958 bits per heavy atom. The largest absolute Gasteiger partial charge is 0.491 e. The van der Waals surface area contributed by atoms with Crippen molar-refractivity contribution in [1.29, 1.82) is 0 Å². The van der Waals surface area contributed by atoms with Crippen molar-refractivity contribution >= 4 is 17.3 Å². The minimum absolute atomic E-state index is 0.666. The standard InChI is InChI=1S/C19H24ClN3O/c20-18-6-1-2-7-19(18)24-13-12-22-8-10-23(11-9-22)15-16-4-3-5-17(21)14-16/h1-7,14H,8-13,15,21H2. The van der Waals surface area contributed by atoms with Crippen molar-refractivity contribution < 1.29 is 4.74 Å². The van der Waals surface area contributed by atoms with Gasteiger partial charge < -0.3 is 10.5 Å². The molecule has 0 aromatic heterocycles. The van der Waals surface area contributed by atoms with Gasteiger partial charge in [0, 0.05) is 45.0 Å². The molecule has 3 rings (SSSR count). The summed E-state index contributed by atoms with van der Waals surface area (Å²) in [6, 6.07) is 15.8. The fraction of sp³-hybridized carbons (Fsp3) is 0.368. The molecule has 5 heteroatoms. The van der Waals surface area contributed by atoms with Crippen LogP contribution in [0.1, 0.15) is 5.56 Å². The van der Waals surface area contributed by atoms with Crippen molar-refractivity contribution in [3.05, 3.63) is 59.1 Å². The molecule has 2 N–H and O–H groups in total. The lowest BCUT2D eigenvalue weighted by atomic mass is 10.2. The maximum atomic E-state index is 6.10. The van der Waals surface area contributed by atoms with E-state index in [1.165, 1.54) is 5.56 Å². The van der Waals surface area contributed by atoms with Crippen LogP contribution < -0.4 is 10.5 Å². The van der Waals surface area contributed by atoms with Crippen molar-refractivity contribution in [2.75, 3.05) is 45.1 Å². The summed E-state index contributed by atoms with van der Waals surface area (Å²) in [5.74, 6) is 0.763. The Labute approximate surface area is 148 Å². The average molecular weight is 346 g/mol. The van der Waals surface area contributed by atoms with Gasteiger partial charge in [-0.2, -0.15) is 0 Å². The number of hydrogen-bond donors (Lipinski definition) is 1. The number of nitrogens with two attached hydrogens (primary N) is 1. The fourth-order valence-corrected chi connectivity index (χ4v) is 3.16. The second-order valence-electron chi connectivity index (χ2n) is 6.14. The molecule has 1 saturated heterocycles. The monoisotopic (exact) mass is 345 g/mol. The Balaban J connectivity index is 1.38. The van der Waals surface area contributed by atoms with Gasteiger partial charge in [-0.25, -0.2) is 0 Å². The topological polar surface area (TPSA) is 41.7 Å². The molecule has 1 aliphatic heterocycles. The van der Waals surface area contributed by atoms with Gasteiger partial charge in [0.15, 0.2) is 0 Å².